The maximum absolute atomic E-state index is 12.8. The van der Waals surface area contributed by atoms with Gasteiger partial charge in [-0.15, -0.1) is 0 Å². The Morgan fingerprint density at radius 2 is 2.13 bits per heavy atom. The highest BCUT2D eigenvalue weighted by molar-refractivity contribution is 7.90. The number of nitrogens with zero attached hydrogens (tertiary/aromatic N) is 2. The standard InChI is InChI=1S/C15H26N2O5S/c1-12-10-17(13(18)4-9-23(3,20)21)11-15(12)5-6-16(14(15)19)7-8-22-2/h12H,4-11H2,1-3H3/t12-,15-/m1/s1. The van der Waals surface area contributed by atoms with Crippen molar-refractivity contribution < 1.29 is 22.7 Å². The fourth-order valence-electron chi connectivity index (χ4n) is 3.56. The molecule has 0 N–H and O–H groups in total. The number of sulfone groups is 1. The number of likely N-dealkylation sites (tertiary alicyclic amines) is 2. The van der Waals surface area contributed by atoms with Crippen LogP contribution in [-0.4, -0.2) is 81.9 Å². The first kappa shape index (κ1) is 18.2. The van der Waals surface area contributed by atoms with Crippen LogP contribution in [0.3, 0.4) is 0 Å². The van der Waals surface area contributed by atoms with Gasteiger partial charge in [0, 0.05) is 46.0 Å². The average molecular weight is 346 g/mol. The van der Waals surface area contributed by atoms with Crippen molar-refractivity contribution in [1.82, 2.24) is 9.80 Å². The van der Waals surface area contributed by atoms with Gasteiger partial charge in [-0.05, 0) is 12.3 Å². The summed E-state index contributed by atoms with van der Waals surface area (Å²) >= 11 is 0. The van der Waals surface area contributed by atoms with Crippen molar-refractivity contribution in [2.24, 2.45) is 11.3 Å². The SMILES string of the molecule is COCCN1CC[C@]2(CN(C(=O)CCS(C)(=O)=O)C[C@H]2C)C1=O. The van der Waals surface area contributed by atoms with Gasteiger partial charge in [-0.25, -0.2) is 8.42 Å². The van der Waals surface area contributed by atoms with Crippen LogP contribution in [0.4, 0.5) is 0 Å². The van der Waals surface area contributed by atoms with Crippen molar-refractivity contribution in [3.63, 3.8) is 0 Å². The molecule has 0 aromatic rings. The molecule has 2 atom stereocenters. The number of hydrogen-bond acceptors (Lipinski definition) is 5. The molecule has 2 fully saturated rings. The predicted octanol–water partition coefficient (Wildman–Crippen LogP) is -0.235. The molecule has 7 nitrogen and oxygen atoms in total. The van der Waals surface area contributed by atoms with Gasteiger partial charge in [0.25, 0.3) is 0 Å². The fraction of sp³-hybridized carbons (Fsp3) is 0.867. The van der Waals surface area contributed by atoms with E-state index in [1.54, 1.807) is 12.0 Å². The van der Waals surface area contributed by atoms with Crippen LogP contribution in [0.15, 0.2) is 0 Å². The van der Waals surface area contributed by atoms with Gasteiger partial charge in [0.15, 0.2) is 0 Å². The van der Waals surface area contributed by atoms with Crippen LogP contribution < -0.4 is 0 Å². The number of ether oxygens (including phenoxy) is 1. The number of rotatable bonds is 6. The monoisotopic (exact) mass is 346 g/mol. The summed E-state index contributed by atoms with van der Waals surface area (Å²) in [5.41, 5.74) is -0.505. The summed E-state index contributed by atoms with van der Waals surface area (Å²) in [6.07, 6.45) is 1.86. The maximum Gasteiger partial charge on any atom is 0.231 e. The Morgan fingerprint density at radius 1 is 1.43 bits per heavy atom. The van der Waals surface area contributed by atoms with Gasteiger partial charge in [0.1, 0.15) is 9.84 Å². The van der Waals surface area contributed by atoms with E-state index < -0.39 is 15.3 Å². The van der Waals surface area contributed by atoms with E-state index in [0.29, 0.717) is 32.8 Å². The summed E-state index contributed by atoms with van der Waals surface area (Å²) < 4.78 is 27.5. The van der Waals surface area contributed by atoms with Gasteiger partial charge < -0.3 is 14.5 Å². The molecule has 2 rings (SSSR count). The molecule has 2 aliphatic heterocycles. The summed E-state index contributed by atoms with van der Waals surface area (Å²) in [4.78, 5) is 28.5. The highest BCUT2D eigenvalue weighted by Crippen LogP contribution is 2.44. The van der Waals surface area contributed by atoms with E-state index in [0.717, 1.165) is 12.7 Å². The third-order valence-electron chi connectivity index (χ3n) is 5.06. The van der Waals surface area contributed by atoms with Crippen LogP contribution in [0.1, 0.15) is 19.8 Å². The summed E-state index contributed by atoms with van der Waals surface area (Å²) in [6, 6.07) is 0. The molecule has 2 saturated heterocycles. The van der Waals surface area contributed by atoms with Gasteiger partial charge in [-0.3, -0.25) is 9.59 Å². The zero-order chi connectivity index (χ0) is 17.3. The highest BCUT2D eigenvalue weighted by Gasteiger charge is 2.55. The Hall–Kier alpha value is -1.15. The number of methoxy groups -OCH3 is 1. The Balaban J connectivity index is 2.01. The third-order valence-corrected chi connectivity index (χ3v) is 6.00. The Bertz CT molecular complexity index is 576. The van der Waals surface area contributed by atoms with Crippen LogP contribution in [0.2, 0.25) is 0 Å². The molecular formula is C15H26N2O5S. The first-order valence-electron chi connectivity index (χ1n) is 7.93. The molecule has 2 aliphatic rings. The van der Waals surface area contributed by atoms with Crippen LogP contribution in [0, 0.1) is 11.3 Å². The van der Waals surface area contributed by atoms with E-state index in [1.807, 2.05) is 11.8 Å². The molecule has 132 valence electrons. The van der Waals surface area contributed by atoms with Crippen LogP contribution in [-0.2, 0) is 24.2 Å². The van der Waals surface area contributed by atoms with Crippen molar-refractivity contribution in [3.05, 3.63) is 0 Å². The molecule has 23 heavy (non-hydrogen) atoms. The largest absolute Gasteiger partial charge is 0.383 e. The van der Waals surface area contributed by atoms with Crippen LogP contribution >= 0.6 is 0 Å². The first-order chi connectivity index (χ1) is 10.7. The Kier molecular flexibility index (Phi) is 5.35. The average Bonchev–Trinajstić information content (AvgIpc) is 2.97. The van der Waals surface area contributed by atoms with Crippen molar-refractivity contribution >= 4 is 21.7 Å². The minimum Gasteiger partial charge on any atom is -0.383 e. The summed E-state index contributed by atoms with van der Waals surface area (Å²) in [5, 5.41) is 0. The third kappa shape index (κ3) is 3.85. The van der Waals surface area contributed by atoms with Crippen molar-refractivity contribution in [1.29, 1.82) is 0 Å². The van der Waals surface area contributed by atoms with E-state index in [9.17, 15) is 18.0 Å². The molecule has 1 spiro atoms. The Labute approximate surface area is 137 Å². The lowest BCUT2D eigenvalue weighted by Crippen LogP contribution is -2.41. The zero-order valence-corrected chi connectivity index (χ0v) is 14.9. The molecule has 8 heteroatoms. The van der Waals surface area contributed by atoms with Crippen LogP contribution in [0.25, 0.3) is 0 Å². The molecule has 0 unspecified atom stereocenters. The number of hydrogen-bond donors (Lipinski definition) is 0. The van der Waals surface area contributed by atoms with Gasteiger partial charge in [0.05, 0.1) is 17.8 Å². The van der Waals surface area contributed by atoms with Gasteiger partial charge >= 0.3 is 0 Å². The first-order valence-corrected chi connectivity index (χ1v) is 9.99. The summed E-state index contributed by atoms with van der Waals surface area (Å²) in [6.45, 7) is 4.70. The second-order valence-electron chi connectivity index (χ2n) is 6.75. The van der Waals surface area contributed by atoms with Crippen molar-refractivity contribution in [2.45, 2.75) is 19.8 Å². The molecule has 0 aliphatic carbocycles. The van der Waals surface area contributed by atoms with Crippen molar-refractivity contribution in [2.75, 3.05) is 51.9 Å². The zero-order valence-electron chi connectivity index (χ0n) is 14.1. The van der Waals surface area contributed by atoms with E-state index in [-0.39, 0.29) is 29.9 Å². The van der Waals surface area contributed by atoms with E-state index in [4.69, 9.17) is 4.74 Å². The predicted molar refractivity (Wildman–Crippen MR) is 85.6 cm³/mol. The smallest absolute Gasteiger partial charge is 0.231 e. The lowest BCUT2D eigenvalue weighted by molar-refractivity contribution is -0.138. The lowest BCUT2D eigenvalue weighted by Gasteiger charge is -2.26. The summed E-state index contributed by atoms with van der Waals surface area (Å²) in [7, 11) is -1.55. The van der Waals surface area contributed by atoms with Gasteiger partial charge in [-0.2, -0.15) is 0 Å². The quantitative estimate of drug-likeness (QED) is 0.663. The molecule has 2 heterocycles. The van der Waals surface area contributed by atoms with Crippen LogP contribution in [0.5, 0.6) is 0 Å². The molecule has 0 radical (unpaired) electrons. The molecule has 0 bridgehead atoms. The number of carbonyl (C=O) groups is 2. The van der Waals surface area contributed by atoms with Gasteiger partial charge in [0.2, 0.25) is 11.8 Å². The summed E-state index contributed by atoms with van der Waals surface area (Å²) in [5.74, 6) is -0.134. The second kappa shape index (κ2) is 6.76. The Morgan fingerprint density at radius 3 is 2.74 bits per heavy atom. The van der Waals surface area contributed by atoms with Crippen molar-refractivity contribution in [3.8, 4) is 0 Å². The topological polar surface area (TPSA) is 84.0 Å². The fourth-order valence-corrected chi connectivity index (χ4v) is 4.11. The lowest BCUT2D eigenvalue weighted by atomic mass is 9.78. The van der Waals surface area contributed by atoms with E-state index in [1.165, 1.54) is 0 Å². The molecule has 0 aromatic carbocycles. The normalized spacial score (nSPS) is 28.1. The second-order valence-corrected chi connectivity index (χ2v) is 9.01. The molecule has 0 aromatic heterocycles. The minimum atomic E-state index is -3.16. The molecule has 2 amide bonds. The number of carbonyl (C=O) groups excluding carboxylic acids is 2. The number of amides is 2. The van der Waals surface area contributed by atoms with E-state index >= 15 is 0 Å². The molecule has 0 saturated carbocycles. The van der Waals surface area contributed by atoms with E-state index in [2.05, 4.69) is 0 Å². The highest BCUT2D eigenvalue weighted by atomic mass is 32.2. The van der Waals surface area contributed by atoms with Gasteiger partial charge in [-0.1, -0.05) is 6.92 Å². The maximum atomic E-state index is 12.8. The minimum absolute atomic E-state index is 0.0107. The molecular weight excluding hydrogens is 320 g/mol.